The predicted octanol–water partition coefficient (Wildman–Crippen LogP) is 1.87. The molecule has 1 aliphatic rings. The van der Waals surface area contributed by atoms with Gasteiger partial charge in [-0.25, -0.2) is 0 Å². The molecule has 0 saturated carbocycles. The molecule has 0 spiro atoms. The maximum absolute atomic E-state index is 12.2. The van der Waals surface area contributed by atoms with E-state index in [9.17, 15) is 14.7 Å². The third-order valence-corrected chi connectivity index (χ3v) is 4.15. The van der Waals surface area contributed by atoms with Crippen LogP contribution >= 0.6 is 0 Å². The Bertz CT molecular complexity index is 684. The highest BCUT2D eigenvalue weighted by atomic mass is 16.4. The standard InChI is InChI=1S/C18H20N2O4/c21-15(16-7-4-10-24-16)8-9-19-18(23)13-11-17(22)20(12-13)14-5-2-1-3-6-14/h1-7,10,13,15,21H,8-9,11-12H2,(H,19,23). The number of nitrogens with one attached hydrogen (secondary N) is 1. The molecule has 24 heavy (non-hydrogen) atoms. The maximum atomic E-state index is 12.2. The summed E-state index contributed by atoms with van der Waals surface area (Å²) in [6.45, 7) is 0.714. The number of hydrogen-bond donors (Lipinski definition) is 2. The van der Waals surface area contributed by atoms with Crippen molar-refractivity contribution < 1.29 is 19.1 Å². The third-order valence-electron chi connectivity index (χ3n) is 4.15. The van der Waals surface area contributed by atoms with E-state index < -0.39 is 6.10 Å². The minimum atomic E-state index is -0.744. The Hall–Kier alpha value is -2.60. The molecule has 0 bridgehead atoms. The molecule has 126 valence electrons. The van der Waals surface area contributed by atoms with Crippen LogP contribution in [0, 0.1) is 5.92 Å². The van der Waals surface area contributed by atoms with E-state index in [0.29, 0.717) is 25.3 Å². The molecule has 0 aliphatic carbocycles. The van der Waals surface area contributed by atoms with Crippen LogP contribution in [0.25, 0.3) is 0 Å². The molecular formula is C18H20N2O4. The van der Waals surface area contributed by atoms with E-state index in [-0.39, 0.29) is 24.2 Å². The number of nitrogens with zero attached hydrogens (tertiary/aromatic N) is 1. The van der Waals surface area contributed by atoms with Gasteiger partial charge in [0, 0.05) is 25.2 Å². The summed E-state index contributed by atoms with van der Waals surface area (Å²) >= 11 is 0. The predicted molar refractivity (Wildman–Crippen MR) is 88.2 cm³/mol. The first-order valence-corrected chi connectivity index (χ1v) is 7.99. The second-order valence-corrected chi connectivity index (χ2v) is 5.85. The van der Waals surface area contributed by atoms with Gasteiger partial charge in [0.15, 0.2) is 0 Å². The van der Waals surface area contributed by atoms with Gasteiger partial charge in [0.2, 0.25) is 11.8 Å². The van der Waals surface area contributed by atoms with Crippen LogP contribution < -0.4 is 10.2 Å². The molecule has 2 aromatic rings. The molecule has 3 rings (SSSR count). The van der Waals surface area contributed by atoms with Crippen molar-refractivity contribution in [3.05, 3.63) is 54.5 Å². The number of aliphatic hydroxyl groups is 1. The zero-order valence-electron chi connectivity index (χ0n) is 13.2. The van der Waals surface area contributed by atoms with Gasteiger partial charge in [-0.1, -0.05) is 18.2 Å². The molecule has 2 heterocycles. The molecule has 1 aromatic heterocycles. The van der Waals surface area contributed by atoms with Crippen LogP contribution in [0.3, 0.4) is 0 Å². The fraction of sp³-hybridized carbons (Fsp3) is 0.333. The van der Waals surface area contributed by atoms with E-state index in [1.165, 1.54) is 6.26 Å². The fourth-order valence-electron chi connectivity index (χ4n) is 2.84. The Morgan fingerprint density at radius 2 is 2.08 bits per heavy atom. The molecule has 2 N–H and O–H groups in total. The lowest BCUT2D eigenvalue weighted by molar-refractivity contribution is -0.126. The van der Waals surface area contributed by atoms with Gasteiger partial charge in [-0.2, -0.15) is 0 Å². The van der Waals surface area contributed by atoms with E-state index in [1.54, 1.807) is 17.0 Å². The number of carbonyl (C=O) groups is 2. The summed E-state index contributed by atoms with van der Waals surface area (Å²) in [5.41, 5.74) is 0.811. The average Bonchev–Trinajstić information content (AvgIpc) is 3.25. The number of hydrogen-bond acceptors (Lipinski definition) is 4. The summed E-state index contributed by atoms with van der Waals surface area (Å²) in [7, 11) is 0. The van der Waals surface area contributed by atoms with Gasteiger partial charge in [-0.3, -0.25) is 9.59 Å². The van der Waals surface area contributed by atoms with Crippen molar-refractivity contribution in [2.45, 2.75) is 18.9 Å². The number of aliphatic hydroxyl groups excluding tert-OH is 1. The van der Waals surface area contributed by atoms with Crippen molar-refractivity contribution in [2.24, 2.45) is 5.92 Å². The van der Waals surface area contributed by atoms with Gasteiger partial charge in [-0.15, -0.1) is 0 Å². The molecule has 1 saturated heterocycles. The molecule has 1 aliphatic heterocycles. The number of para-hydroxylation sites is 1. The Morgan fingerprint density at radius 3 is 2.79 bits per heavy atom. The normalized spacial score (nSPS) is 18.6. The van der Waals surface area contributed by atoms with Gasteiger partial charge in [0.25, 0.3) is 0 Å². The molecule has 6 heteroatoms. The van der Waals surface area contributed by atoms with Crippen molar-refractivity contribution in [1.29, 1.82) is 0 Å². The van der Waals surface area contributed by atoms with Crippen molar-refractivity contribution in [3.63, 3.8) is 0 Å². The van der Waals surface area contributed by atoms with Gasteiger partial charge in [-0.05, 0) is 30.7 Å². The molecule has 1 aromatic carbocycles. The van der Waals surface area contributed by atoms with Gasteiger partial charge < -0.3 is 19.7 Å². The van der Waals surface area contributed by atoms with Crippen LogP contribution in [0.2, 0.25) is 0 Å². The lowest BCUT2D eigenvalue weighted by Crippen LogP contribution is -2.34. The minimum Gasteiger partial charge on any atom is -0.467 e. The zero-order valence-corrected chi connectivity index (χ0v) is 13.2. The first kappa shape index (κ1) is 16.3. The molecule has 6 nitrogen and oxygen atoms in total. The summed E-state index contributed by atoms with van der Waals surface area (Å²) in [6, 6.07) is 12.7. The minimum absolute atomic E-state index is 0.0445. The number of carbonyl (C=O) groups excluding carboxylic acids is 2. The summed E-state index contributed by atoms with van der Waals surface area (Å²) in [5, 5.41) is 12.7. The summed E-state index contributed by atoms with van der Waals surface area (Å²) in [6.07, 6.45) is 1.33. The number of amides is 2. The number of rotatable bonds is 6. The topological polar surface area (TPSA) is 82.8 Å². The Balaban J connectivity index is 1.48. The average molecular weight is 328 g/mol. The maximum Gasteiger partial charge on any atom is 0.227 e. The Morgan fingerprint density at radius 1 is 1.29 bits per heavy atom. The molecule has 2 amide bonds. The van der Waals surface area contributed by atoms with Gasteiger partial charge >= 0.3 is 0 Å². The van der Waals surface area contributed by atoms with Crippen LogP contribution in [0.5, 0.6) is 0 Å². The third kappa shape index (κ3) is 3.65. The number of benzene rings is 1. The summed E-state index contributed by atoms with van der Waals surface area (Å²) in [4.78, 5) is 26.0. The van der Waals surface area contributed by atoms with Crippen LogP contribution in [-0.4, -0.2) is 30.0 Å². The fourth-order valence-corrected chi connectivity index (χ4v) is 2.84. The van der Waals surface area contributed by atoms with Crippen LogP contribution in [0.15, 0.2) is 53.1 Å². The largest absolute Gasteiger partial charge is 0.467 e. The summed E-state index contributed by atoms with van der Waals surface area (Å²) in [5.74, 6) is -0.0839. The van der Waals surface area contributed by atoms with Crippen molar-refractivity contribution in [2.75, 3.05) is 18.0 Å². The van der Waals surface area contributed by atoms with Crippen molar-refractivity contribution >= 4 is 17.5 Å². The highest BCUT2D eigenvalue weighted by Crippen LogP contribution is 2.25. The second-order valence-electron chi connectivity index (χ2n) is 5.85. The Kier molecular flexibility index (Phi) is 4.96. The van der Waals surface area contributed by atoms with Gasteiger partial charge in [0.1, 0.15) is 11.9 Å². The SMILES string of the molecule is O=C(NCCC(O)c1ccco1)C1CC(=O)N(c2ccccc2)C1. The van der Waals surface area contributed by atoms with Crippen LogP contribution in [0.4, 0.5) is 5.69 Å². The molecular weight excluding hydrogens is 308 g/mol. The second kappa shape index (κ2) is 7.31. The first-order chi connectivity index (χ1) is 11.6. The molecule has 1 fully saturated rings. The smallest absolute Gasteiger partial charge is 0.227 e. The van der Waals surface area contributed by atoms with E-state index >= 15 is 0 Å². The number of furan rings is 1. The first-order valence-electron chi connectivity index (χ1n) is 7.99. The molecule has 0 radical (unpaired) electrons. The monoisotopic (exact) mass is 328 g/mol. The van der Waals surface area contributed by atoms with Crippen LogP contribution in [0.1, 0.15) is 24.7 Å². The highest BCUT2D eigenvalue weighted by Gasteiger charge is 2.34. The quantitative estimate of drug-likeness (QED) is 0.848. The molecule has 2 unspecified atom stereocenters. The van der Waals surface area contributed by atoms with Gasteiger partial charge in [0.05, 0.1) is 12.2 Å². The van der Waals surface area contributed by atoms with E-state index in [4.69, 9.17) is 4.42 Å². The van der Waals surface area contributed by atoms with Crippen molar-refractivity contribution in [1.82, 2.24) is 5.32 Å². The lowest BCUT2D eigenvalue weighted by Gasteiger charge is -2.16. The lowest BCUT2D eigenvalue weighted by atomic mass is 10.1. The number of anilines is 1. The van der Waals surface area contributed by atoms with E-state index in [2.05, 4.69) is 5.32 Å². The van der Waals surface area contributed by atoms with E-state index in [1.807, 2.05) is 30.3 Å². The van der Waals surface area contributed by atoms with Crippen LogP contribution in [-0.2, 0) is 9.59 Å². The Labute approximate surface area is 140 Å². The van der Waals surface area contributed by atoms with Crippen molar-refractivity contribution in [3.8, 4) is 0 Å². The highest BCUT2D eigenvalue weighted by molar-refractivity contribution is 6.00. The summed E-state index contributed by atoms with van der Waals surface area (Å²) < 4.78 is 5.12. The van der Waals surface area contributed by atoms with E-state index in [0.717, 1.165) is 5.69 Å². The zero-order chi connectivity index (χ0) is 16.9. The molecule has 2 atom stereocenters.